The van der Waals surface area contributed by atoms with Crippen molar-refractivity contribution >= 4 is 44.1 Å². The van der Waals surface area contributed by atoms with E-state index < -0.39 is 29.3 Å². The molecular weight excluding hydrogens is 495 g/mol. The van der Waals surface area contributed by atoms with E-state index >= 15 is 0 Å². The molecule has 0 spiro atoms. The van der Waals surface area contributed by atoms with Gasteiger partial charge in [-0.15, -0.1) is 0 Å². The largest absolute Gasteiger partial charge is 0.507 e. The highest BCUT2D eigenvalue weighted by Crippen LogP contribution is 2.45. The Balaban J connectivity index is 1.73. The lowest BCUT2D eigenvalue weighted by atomic mass is 9.95. The Morgan fingerprint density at radius 2 is 1.84 bits per heavy atom. The van der Waals surface area contributed by atoms with Crippen LogP contribution in [0.15, 0.2) is 66.2 Å². The zero-order chi connectivity index (χ0) is 26.3. The van der Waals surface area contributed by atoms with E-state index in [0.29, 0.717) is 34.3 Å². The smallest absolute Gasteiger partial charge is 0.301 e. The summed E-state index contributed by atoms with van der Waals surface area (Å²) >= 11 is 1.28. The molecule has 5 rings (SSSR count). The van der Waals surface area contributed by atoms with Crippen LogP contribution in [-0.4, -0.2) is 35.5 Å². The molecule has 1 aliphatic rings. The topological polar surface area (TPSA) is 89.0 Å². The molecule has 2 heterocycles. The van der Waals surface area contributed by atoms with Gasteiger partial charge in [0.05, 0.1) is 35.5 Å². The molecule has 0 bridgehead atoms. The lowest BCUT2D eigenvalue weighted by Gasteiger charge is -2.24. The predicted octanol–water partition coefficient (Wildman–Crippen LogP) is 5.78. The Hall–Kier alpha value is -4.24. The minimum Gasteiger partial charge on any atom is -0.507 e. The van der Waals surface area contributed by atoms with Gasteiger partial charge >= 0.3 is 5.91 Å². The summed E-state index contributed by atoms with van der Waals surface area (Å²) in [4.78, 5) is 32.7. The lowest BCUT2D eigenvalue weighted by Crippen LogP contribution is -2.29. The molecule has 1 atom stereocenters. The van der Waals surface area contributed by atoms with Crippen LogP contribution in [0.1, 0.15) is 29.7 Å². The number of Topliss-reactive ketones (excluding diaryl/α,β-unsaturated/α-hetero) is 1. The number of carbonyl (C=O) groups excluding carboxylic acids is 2. The van der Waals surface area contributed by atoms with Crippen molar-refractivity contribution in [3.05, 3.63) is 88.7 Å². The summed E-state index contributed by atoms with van der Waals surface area (Å²) in [5, 5.41) is 11.5. The SMILES string of the molecule is CCOc1ccc(C2C(=C(O)c3ccc(F)cc3)C(=O)C(=O)N2c2nc3ccc(C)cc3s2)cc1OC. The van der Waals surface area contributed by atoms with Crippen molar-refractivity contribution in [2.75, 3.05) is 18.6 Å². The summed E-state index contributed by atoms with van der Waals surface area (Å²) in [6.45, 7) is 4.23. The molecule has 7 nitrogen and oxygen atoms in total. The average Bonchev–Trinajstić information content (AvgIpc) is 3.42. The molecule has 9 heteroatoms. The fourth-order valence-electron chi connectivity index (χ4n) is 4.36. The highest BCUT2D eigenvalue weighted by Gasteiger charge is 2.48. The number of ether oxygens (including phenoxy) is 2. The van der Waals surface area contributed by atoms with Gasteiger partial charge in [0.1, 0.15) is 11.6 Å². The van der Waals surface area contributed by atoms with E-state index in [2.05, 4.69) is 4.98 Å². The van der Waals surface area contributed by atoms with E-state index in [-0.39, 0.29) is 11.1 Å². The molecule has 1 unspecified atom stereocenters. The predicted molar refractivity (Wildman–Crippen MR) is 140 cm³/mol. The third-order valence-electron chi connectivity index (χ3n) is 6.10. The van der Waals surface area contributed by atoms with Crippen molar-refractivity contribution in [1.82, 2.24) is 4.98 Å². The fraction of sp³-hybridized carbons (Fsp3) is 0.179. The van der Waals surface area contributed by atoms with Crippen LogP contribution < -0.4 is 14.4 Å². The number of benzene rings is 3. The first kappa shape index (κ1) is 24.5. The third-order valence-corrected chi connectivity index (χ3v) is 7.12. The molecule has 0 saturated carbocycles. The zero-order valence-electron chi connectivity index (χ0n) is 20.3. The van der Waals surface area contributed by atoms with E-state index in [1.54, 1.807) is 18.2 Å². The molecule has 4 aromatic rings. The number of nitrogens with zero attached hydrogens (tertiary/aromatic N) is 2. The number of amides is 1. The number of hydrogen-bond donors (Lipinski definition) is 1. The number of anilines is 1. The van der Waals surface area contributed by atoms with Gasteiger partial charge in [-0.05, 0) is 73.5 Å². The molecule has 0 radical (unpaired) electrons. The van der Waals surface area contributed by atoms with Crippen molar-refractivity contribution in [3.63, 3.8) is 0 Å². The highest BCUT2D eigenvalue weighted by atomic mass is 32.1. The number of aryl methyl sites for hydroxylation is 1. The van der Waals surface area contributed by atoms with Gasteiger partial charge < -0.3 is 14.6 Å². The average molecular weight is 519 g/mol. The van der Waals surface area contributed by atoms with Crippen LogP contribution in [0.2, 0.25) is 0 Å². The first-order valence-corrected chi connectivity index (χ1v) is 12.4. The Kier molecular flexibility index (Phi) is 6.39. The number of rotatable bonds is 6. The minimum atomic E-state index is -1.00. The lowest BCUT2D eigenvalue weighted by molar-refractivity contribution is -0.132. The molecule has 1 aliphatic heterocycles. The standard InChI is InChI=1S/C28H23FN2O5S/c1-4-36-20-12-8-17(14-21(20)35-3)24-23(25(32)16-6-9-18(29)10-7-16)26(33)27(34)31(24)28-30-19-11-5-15(2)13-22(19)37-28/h5-14,24,32H,4H2,1-3H3. The van der Waals surface area contributed by atoms with Crippen molar-refractivity contribution in [2.45, 2.75) is 19.9 Å². The molecule has 3 aromatic carbocycles. The normalized spacial score (nSPS) is 17.0. The Morgan fingerprint density at radius 3 is 2.54 bits per heavy atom. The molecule has 188 valence electrons. The first-order valence-electron chi connectivity index (χ1n) is 11.6. The van der Waals surface area contributed by atoms with E-state index in [0.717, 1.165) is 10.3 Å². The minimum absolute atomic E-state index is 0.127. The maximum absolute atomic E-state index is 13.5. The van der Waals surface area contributed by atoms with Crippen LogP contribution in [0, 0.1) is 12.7 Å². The van der Waals surface area contributed by atoms with Crippen LogP contribution in [0.4, 0.5) is 9.52 Å². The van der Waals surface area contributed by atoms with Gasteiger partial charge in [-0.25, -0.2) is 9.37 Å². The van der Waals surface area contributed by atoms with Gasteiger partial charge in [0, 0.05) is 5.56 Å². The van der Waals surface area contributed by atoms with Crippen LogP contribution >= 0.6 is 11.3 Å². The molecule has 1 fully saturated rings. The van der Waals surface area contributed by atoms with Crippen molar-refractivity contribution < 1.29 is 28.6 Å². The van der Waals surface area contributed by atoms with Crippen molar-refractivity contribution in [3.8, 4) is 11.5 Å². The van der Waals surface area contributed by atoms with Crippen molar-refractivity contribution in [2.24, 2.45) is 0 Å². The number of carbonyl (C=O) groups is 2. The molecule has 1 saturated heterocycles. The third kappa shape index (κ3) is 4.31. The van der Waals surface area contributed by atoms with E-state index in [1.165, 1.54) is 47.6 Å². The Bertz CT molecular complexity index is 1560. The molecule has 1 N–H and O–H groups in total. The van der Waals surface area contributed by atoms with E-state index in [9.17, 15) is 19.1 Å². The number of fused-ring (bicyclic) bond motifs is 1. The summed E-state index contributed by atoms with van der Waals surface area (Å²) in [6, 6.07) is 14.9. The molecule has 0 aliphatic carbocycles. The summed E-state index contributed by atoms with van der Waals surface area (Å²) < 4.78 is 25.5. The highest BCUT2D eigenvalue weighted by molar-refractivity contribution is 7.22. The van der Waals surface area contributed by atoms with Crippen LogP contribution in [0.3, 0.4) is 0 Å². The Labute approximate surface area is 216 Å². The summed E-state index contributed by atoms with van der Waals surface area (Å²) in [5.74, 6) is -1.68. The summed E-state index contributed by atoms with van der Waals surface area (Å²) in [7, 11) is 1.49. The van der Waals surface area contributed by atoms with Gasteiger partial charge in [-0.3, -0.25) is 14.5 Å². The number of thiazole rings is 1. The van der Waals surface area contributed by atoms with E-state index in [4.69, 9.17) is 9.47 Å². The number of hydrogen-bond acceptors (Lipinski definition) is 7. The quantitative estimate of drug-likeness (QED) is 0.198. The van der Waals surface area contributed by atoms with Gasteiger partial charge in [-0.2, -0.15) is 0 Å². The molecule has 1 amide bonds. The summed E-state index contributed by atoms with van der Waals surface area (Å²) in [6.07, 6.45) is 0. The molecule has 37 heavy (non-hydrogen) atoms. The Morgan fingerprint density at radius 1 is 1.08 bits per heavy atom. The van der Waals surface area contributed by atoms with Gasteiger partial charge in [0.25, 0.3) is 5.78 Å². The summed E-state index contributed by atoms with van der Waals surface area (Å²) in [5.41, 5.74) is 2.32. The molecular formula is C28H23FN2O5S. The number of methoxy groups -OCH3 is 1. The van der Waals surface area contributed by atoms with Crippen LogP contribution in [0.5, 0.6) is 11.5 Å². The maximum atomic E-state index is 13.5. The number of aliphatic hydroxyl groups is 1. The molecule has 1 aromatic heterocycles. The number of aromatic nitrogens is 1. The van der Waals surface area contributed by atoms with Crippen LogP contribution in [0.25, 0.3) is 16.0 Å². The number of aliphatic hydroxyl groups excluding tert-OH is 1. The fourth-order valence-corrected chi connectivity index (χ4v) is 5.45. The van der Waals surface area contributed by atoms with Crippen LogP contribution in [-0.2, 0) is 9.59 Å². The monoisotopic (exact) mass is 518 g/mol. The van der Waals surface area contributed by atoms with Crippen molar-refractivity contribution in [1.29, 1.82) is 0 Å². The van der Waals surface area contributed by atoms with Gasteiger partial charge in [-0.1, -0.05) is 23.5 Å². The number of halogens is 1. The second kappa shape index (κ2) is 9.67. The first-order chi connectivity index (χ1) is 17.8. The van der Waals surface area contributed by atoms with Gasteiger partial charge in [0.2, 0.25) is 0 Å². The zero-order valence-corrected chi connectivity index (χ0v) is 21.1. The second-order valence-electron chi connectivity index (χ2n) is 8.49. The number of ketones is 1. The van der Waals surface area contributed by atoms with E-state index in [1.807, 2.05) is 32.0 Å². The maximum Gasteiger partial charge on any atom is 0.301 e. The van der Waals surface area contributed by atoms with Gasteiger partial charge in [0.15, 0.2) is 16.6 Å². The second-order valence-corrected chi connectivity index (χ2v) is 9.50.